The van der Waals surface area contributed by atoms with Gasteiger partial charge in [0.05, 0.1) is 55.1 Å². The first-order valence-electron chi connectivity index (χ1n) is 7.36. The van der Waals surface area contributed by atoms with Gasteiger partial charge in [-0.3, -0.25) is 40.5 Å². The van der Waals surface area contributed by atoms with Crippen molar-refractivity contribution in [1.29, 1.82) is 10.5 Å². The van der Waals surface area contributed by atoms with E-state index in [1.165, 1.54) is 0 Å². The standard InChI is InChI=1S/C15H4N6O8/c16-5-15(6-17)9-1-7(18(22)23)3-11(20(26)27)13(9)14-10(15)2-8(19(24)25)4-12(14)21(28)29/h1-4H. The summed E-state index contributed by atoms with van der Waals surface area (Å²) in [6.07, 6.45) is 0. The van der Waals surface area contributed by atoms with Gasteiger partial charge in [-0.1, -0.05) is 0 Å². The van der Waals surface area contributed by atoms with Crippen molar-refractivity contribution in [2.75, 3.05) is 0 Å². The van der Waals surface area contributed by atoms with Crippen LogP contribution in [0.25, 0.3) is 11.1 Å². The van der Waals surface area contributed by atoms with Crippen molar-refractivity contribution in [3.63, 3.8) is 0 Å². The Kier molecular flexibility index (Phi) is 3.91. The number of hydrogen-bond donors (Lipinski definition) is 0. The molecule has 0 N–H and O–H groups in total. The minimum Gasteiger partial charge on any atom is -0.258 e. The van der Waals surface area contributed by atoms with E-state index in [2.05, 4.69) is 0 Å². The van der Waals surface area contributed by atoms with Crippen molar-refractivity contribution in [3.8, 4) is 23.3 Å². The third kappa shape index (κ3) is 2.41. The van der Waals surface area contributed by atoms with Gasteiger partial charge in [0.25, 0.3) is 22.7 Å². The summed E-state index contributed by atoms with van der Waals surface area (Å²) in [5.74, 6) is 0. The van der Waals surface area contributed by atoms with Crippen LogP contribution in [-0.2, 0) is 5.41 Å². The molecule has 0 aromatic heterocycles. The molecule has 2 aromatic rings. The molecule has 0 spiro atoms. The topological polar surface area (TPSA) is 220 Å². The van der Waals surface area contributed by atoms with Gasteiger partial charge in [-0.15, -0.1) is 0 Å². The van der Waals surface area contributed by atoms with Gasteiger partial charge < -0.3 is 0 Å². The molecule has 0 radical (unpaired) electrons. The van der Waals surface area contributed by atoms with Gasteiger partial charge in [0.1, 0.15) is 0 Å². The third-order valence-corrected chi connectivity index (χ3v) is 4.41. The molecule has 2 aromatic carbocycles. The summed E-state index contributed by atoms with van der Waals surface area (Å²) in [7, 11) is 0. The molecular formula is C15H4N6O8. The predicted molar refractivity (Wildman–Crippen MR) is 90.5 cm³/mol. The number of nitrogens with zero attached hydrogens (tertiary/aromatic N) is 6. The summed E-state index contributed by atoms with van der Waals surface area (Å²) < 4.78 is 0. The molecule has 0 aliphatic heterocycles. The summed E-state index contributed by atoms with van der Waals surface area (Å²) in [5, 5.41) is 64.8. The Labute approximate surface area is 158 Å². The fourth-order valence-electron chi connectivity index (χ4n) is 3.25. The molecule has 0 atom stereocenters. The Morgan fingerprint density at radius 3 is 1.24 bits per heavy atom. The fraction of sp³-hybridized carbons (Fsp3) is 0.0667. The second kappa shape index (κ2) is 6.03. The summed E-state index contributed by atoms with van der Waals surface area (Å²) in [4.78, 5) is 41.3. The van der Waals surface area contributed by atoms with Crippen LogP contribution in [0.4, 0.5) is 22.7 Å². The van der Waals surface area contributed by atoms with Gasteiger partial charge in [0.15, 0.2) is 5.41 Å². The summed E-state index contributed by atoms with van der Waals surface area (Å²) in [6.45, 7) is 0. The number of non-ortho nitro benzene ring substituents is 2. The summed E-state index contributed by atoms with van der Waals surface area (Å²) in [5.41, 5.74) is -8.13. The van der Waals surface area contributed by atoms with Crippen LogP contribution in [0.1, 0.15) is 11.1 Å². The predicted octanol–water partition coefficient (Wildman–Crippen LogP) is 2.63. The maximum absolute atomic E-state index is 11.5. The second-order valence-electron chi connectivity index (χ2n) is 5.78. The van der Waals surface area contributed by atoms with Crippen molar-refractivity contribution in [2.45, 2.75) is 5.41 Å². The molecule has 29 heavy (non-hydrogen) atoms. The van der Waals surface area contributed by atoms with E-state index in [1.807, 2.05) is 0 Å². The van der Waals surface area contributed by atoms with Crippen LogP contribution in [0, 0.1) is 63.1 Å². The van der Waals surface area contributed by atoms with Gasteiger partial charge in [0.2, 0.25) is 0 Å². The number of benzene rings is 2. The van der Waals surface area contributed by atoms with Crippen molar-refractivity contribution < 1.29 is 19.7 Å². The van der Waals surface area contributed by atoms with Crippen LogP contribution in [-0.4, -0.2) is 19.7 Å². The van der Waals surface area contributed by atoms with E-state index in [4.69, 9.17) is 0 Å². The number of hydrogen-bond acceptors (Lipinski definition) is 10. The normalized spacial score (nSPS) is 12.8. The molecule has 0 saturated carbocycles. The van der Waals surface area contributed by atoms with Crippen LogP contribution in [0.15, 0.2) is 24.3 Å². The molecule has 1 aliphatic carbocycles. The highest BCUT2D eigenvalue weighted by Crippen LogP contribution is 2.57. The average Bonchev–Trinajstić information content (AvgIpc) is 2.96. The zero-order valence-corrected chi connectivity index (χ0v) is 13.8. The van der Waals surface area contributed by atoms with Crippen molar-refractivity contribution >= 4 is 22.7 Å². The lowest BCUT2D eigenvalue weighted by atomic mass is 9.80. The first-order chi connectivity index (χ1) is 13.6. The number of nitro benzene ring substituents is 4. The lowest BCUT2D eigenvalue weighted by Crippen LogP contribution is -2.21. The van der Waals surface area contributed by atoms with E-state index < -0.39 is 70.1 Å². The Balaban J connectivity index is 2.65. The van der Waals surface area contributed by atoms with Crippen LogP contribution >= 0.6 is 0 Å². The number of fused-ring (bicyclic) bond motifs is 3. The lowest BCUT2D eigenvalue weighted by Gasteiger charge is -2.14. The maximum atomic E-state index is 11.5. The molecule has 0 unspecified atom stereocenters. The highest BCUT2D eigenvalue weighted by Gasteiger charge is 2.52. The van der Waals surface area contributed by atoms with Crippen molar-refractivity contribution in [3.05, 3.63) is 75.8 Å². The number of nitro groups is 4. The van der Waals surface area contributed by atoms with Crippen LogP contribution in [0.5, 0.6) is 0 Å². The van der Waals surface area contributed by atoms with Crippen molar-refractivity contribution in [1.82, 2.24) is 0 Å². The van der Waals surface area contributed by atoms with E-state index in [1.54, 1.807) is 12.1 Å². The van der Waals surface area contributed by atoms with E-state index in [-0.39, 0.29) is 0 Å². The van der Waals surface area contributed by atoms with E-state index in [0.29, 0.717) is 12.1 Å². The SMILES string of the molecule is N#CC1(C#N)c2cc([N+](=O)[O-])cc([N+](=O)[O-])c2-c2c([N+](=O)[O-])cc([N+](=O)[O-])cc21. The Morgan fingerprint density at radius 2 is 1.00 bits per heavy atom. The zero-order valence-electron chi connectivity index (χ0n) is 13.8. The average molecular weight is 396 g/mol. The molecule has 0 fully saturated rings. The lowest BCUT2D eigenvalue weighted by molar-refractivity contribution is -0.395. The van der Waals surface area contributed by atoms with Crippen molar-refractivity contribution in [2.24, 2.45) is 0 Å². The van der Waals surface area contributed by atoms with Gasteiger partial charge in [-0.05, 0) is 0 Å². The Morgan fingerprint density at radius 1 is 0.655 bits per heavy atom. The molecule has 1 aliphatic rings. The molecule has 0 heterocycles. The van der Waals surface area contributed by atoms with Gasteiger partial charge in [-0.2, -0.15) is 10.5 Å². The van der Waals surface area contributed by atoms with E-state index >= 15 is 0 Å². The Hall–Kier alpha value is -4.98. The Bertz CT molecular complexity index is 1160. The van der Waals surface area contributed by atoms with Gasteiger partial charge in [-0.25, -0.2) is 0 Å². The molecule has 14 nitrogen and oxygen atoms in total. The van der Waals surface area contributed by atoms with Gasteiger partial charge >= 0.3 is 0 Å². The third-order valence-electron chi connectivity index (χ3n) is 4.41. The number of nitriles is 2. The molecular weight excluding hydrogens is 392 g/mol. The fourth-order valence-corrected chi connectivity index (χ4v) is 3.25. The minimum absolute atomic E-state index is 0.526. The highest BCUT2D eigenvalue weighted by molar-refractivity contribution is 5.96. The zero-order chi connectivity index (χ0) is 21.7. The monoisotopic (exact) mass is 396 g/mol. The molecule has 142 valence electrons. The summed E-state index contributed by atoms with van der Waals surface area (Å²) >= 11 is 0. The van der Waals surface area contributed by atoms with Crippen LogP contribution in [0.2, 0.25) is 0 Å². The molecule has 3 rings (SSSR count). The smallest absolute Gasteiger partial charge is 0.258 e. The largest absolute Gasteiger partial charge is 0.284 e. The van der Waals surface area contributed by atoms with E-state index in [0.717, 1.165) is 12.1 Å². The summed E-state index contributed by atoms with van der Waals surface area (Å²) in [6, 6.07) is 5.64. The molecule has 0 bridgehead atoms. The molecule has 0 saturated heterocycles. The number of rotatable bonds is 4. The maximum Gasteiger partial charge on any atom is 0.284 e. The molecule has 0 amide bonds. The van der Waals surface area contributed by atoms with E-state index in [9.17, 15) is 51.0 Å². The second-order valence-corrected chi connectivity index (χ2v) is 5.78. The van der Waals surface area contributed by atoms with Gasteiger partial charge in [0, 0.05) is 23.3 Å². The first kappa shape index (κ1) is 18.8. The quantitative estimate of drug-likeness (QED) is 0.542. The molecule has 14 heteroatoms. The highest BCUT2D eigenvalue weighted by atomic mass is 16.6. The minimum atomic E-state index is -2.46. The van der Waals surface area contributed by atoms with Crippen LogP contribution in [0.3, 0.4) is 0 Å². The first-order valence-corrected chi connectivity index (χ1v) is 7.36. The van der Waals surface area contributed by atoms with Crippen LogP contribution < -0.4 is 0 Å².